The molecule has 6 heteroatoms. The molecule has 1 aromatic carbocycles. The minimum absolute atomic E-state index is 0.0121. The number of carbonyl (C=O) groups excluding carboxylic acids is 1. The van der Waals surface area contributed by atoms with Gasteiger partial charge in [0.1, 0.15) is 5.52 Å². The van der Waals surface area contributed by atoms with Crippen molar-refractivity contribution < 1.29 is 19.1 Å². The van der Waals surface area contributed by atoms with Crippen LogP contribution in [0.2, 0.25) is 0 Å². The van der Waals surface area contributed by atoms with Gasteiger partial charge < -0.3 is 14.8 Å². The number of nitrogens with one attached hydrogen (secondary N) is 1. The van der Waals surface area contributed by atoms with E-state index in [1.54, 1.807) is 25.1 Å². The molecule has 6 nitrogen and oxygen atoms in total. The summed E-state index contributed by atoms with van der Waals surface area (Å²) in [6.07, 6.45) is 3.92. The lowest BCUT2D eigenvalue weighted by atomic mass is 9.71. The summed E-state index contributed by atoms with van der Waals surface area (Å²) in [4.78, 5) is 28.2. The number of benzene rings is 1. The fourth-order valence-electron chi connectivity index (χ4n) is 3.33. The van der Waals surface area contributed by atoms with Crippen molar-refractivity contribution in [2.24, 2.45) is 5.41 Å². The zero-order chi connectivity index (χ0) is 16.4. The Labute approximate surface area is 133 Å². The quantitative estimate of drug-likeness (QED) is 0.900. The van der Waals surface area contributed by atoms with Crippen molar-refractivity contribution in [3.8, 4) is 0 Å². The molecule has 1 amide bonds. The number of hydrogen-bond donors (Lipinski definition) is 2. The first-order chi connectivity index (χ1) is 11.0. The Morgan fingerprint density at radius 1 is 1.30 bits per heavy atom. The number of hydrogen-bond acceptors (Lipinski definition) is 4. The second-order valence-corrected chi connectivity index (χ2v) is 6.29. The summed E-state index contributed by atoms with van der Waals surface area (Å²) < 4.78 is 5.40. The van der Waals surface area contributed by atoms with E-state index in [0.717, 1.165) is 19.3 Å². The van der Waals surface area contributed by atoms with E-state index in [1.165, 1.54) is 0 Å². The van der Waals surface area contributed by atoms with Crippen LogP contribution in [0, 0.1) is 12.3 Å². The molecule has 0 unspecified atom stereocenters. The van der Waals surface area contributed by atoms with Gasteiger partial charge in [0.05, 0.1) is 5.41 Å². The monoisotopic (exact) mass is 316 g/mol. The van der Waals surface area contributed by atoms with Crippen molar-refractivity contribution in [3.63, 3.8) is 0 Å². The van der Waals surface area contributed by atoms with E-state index in [2.05, 4.69) is 10.3 Å². The third kappa shape index (κ3) is 3.21. The molecule has 0 bridgehead atoms. The van der Waals surface area contributed by atoms with Gasteiger partial charge in [-0.05, 0) is 31.0 Å². The molecule has 1 aliphatic rings. The summed E-state index contributed by atoms with van der Waals surface area (Å²) in [6.45, 7) is 1.76. The predicted molar refractivity (Wildman–Crippen MR) is 85.1 cm³/mol. The van der Waals surface area contributed by atoms with E-state index >= 15 is 0 Å². The third-order valence-corrected chi connectivity index (χ3v) is 4.54. The van der Waals surface area contributed by atoms with Gasteiger partial charge in [-0.2, -0.15) is 0 Å². The first-order valence-electron chi connectivity index (χ1n) is 7.89. The highest BCUT2D eigenvalue weighted by molar-refractivity contribution is 5.95. The van der Waals surface area contributed by atoms with Gasteiger partial charge in [0.25, 0.3) is 0 Å². The van der Waals surface area contributed by atoms with Gasteiger partial charge in [-0.15, -0.1) is 0 Å². The fourth-order valence-corrected chi connectivity index (χ4v) is 3.33. The molecule has 0 spiro atoms. The number of carboxylic acids is 1. The van der Waals surface area contributed by atoms with Gasteiger partial charge in [-0.25, -0.2) is 4.98 Å². The maximum Gasteiger partial charge on any atom is 0.310 e. The topological polar surface area (TPSA) is 92.4 Å². The summed E-state index contributed by atoms with van der Waals surface area (Å²) in [7, 11) is 0. The van der Waals surface area contributed by atoms with E-state index in [0.29, 0.717) is 35.5 Å². The Balaban J connectivity index is 1.73. The molecule has 0 saturated heterocycles. The largest absolute Gasteiger partial charge is 0.481 e. The van der Waals surface area contributed by atoms with Crippen molar-refractivity contribution >= 4 is 28.7 Å². The molecule has 23 heavy (non-hydrogen) atoms. The van der Waals surface area contributed by atoms with Crippen molar-refractivity contribution in [2.75, 3.05) is 5.32 Å². The van der Waals surface area contributed by atoms with Crippen LogP contribution < -0.4 is 5.32 Å². The molecule has 122 valence electrons. The van der Waals surface area contributed by atoms with E-state index < -0.39 is 11.4 Å². The highest BCUT2D eigenvalue weighted by atomic mass is 16.4. The van der Waals surface area contributed by atoms with E-state index in [1.807, 2.05) is 0 Å². The number of rotatable bonds is 4. The molecule has 1 heterocycles. The van der Waals surface area contributed by atoms with Crippen LogP contribution in [-0.4, -0.2) is 22.0 Å². The van der Waals surface area contributed by atoms with Crippen LogP contribution in [0.25, 0.3) is 11.1 Å². The van der Waals surface area contributed by atoms with Gasteiger partial charge in [-0.3, -0.25) is 9.59 Å². The summed E-state index contributed by atoms with van der Waals surface area (Å²) in [5.41, 5.74) is 1.02. The molecule has 1 fully saturated rings. The smallest absolute Gasteiger partial charge is 0.310 e. The number of carbonyl (C=O) groups is 2. The zero-order valence-corrected chi connectivity index (χ0v) is 13.1. The van der Waals surface area contributed by atoms with Gasteiger partial charge in [0.15, 0.2) is 11.5 Å². The number of amides is 1. The standard InChI is InChI=1S/C17H20N2O4/c1-11-18-13-9-12(5-6-14(13)23-11)19-15(20)10-17(16(21)22)7-3-2-4-8-17/h5-6,9H,2-4,7-8,10H2,1H3,(H,19,20)(H,21,22). The van der Waals surface area contributed by atoms with Crippen LogP contribution in [0.1, 0.15) is 44.4 Å². The van der Waals surface area contributed by atoms with Crippen LogP contribution in [0.4, 0.5) is 5.69 Å². The predicted octanol–water partition coefficient (Wildman–Crippen LogP) is 3.50. The van der Waals surface area contributed by atoms with Gasteiger partial charge in [-0.1, -0.05) is 19.3 Å². The Bertz CT molecular complexity index is 744. The minimum Gasteiger partial charge on any atom is -0.481 e. The number of aromatic nitrogens is 1. The van der Waals surface area contributed by atoms with E-state index in [4.69, 9.17) is 4.42 Å². The molecule has 3 rings (SSSR count). The van der Waals surface area contributed by atoms with Crippen LogP contribution in [0.15, 0.2) is 22.6 Å². The second kappa shape index (κ2) is 6.02. The molecule has 2 N–H and O–H groups in total. The first kappa shape index (κ1) is 15.5. The summed E-state index contributed by atoms with van der Waals surface area (Å²) >= 11 is 0. The number of aliphatic carboxylic acids is 1. The number of carboxylic acid groups (broad SMARTS) is 1. The Hall–Kier alpha value is -2.37. The lowest BCUT2D eigenvalue weighted by Gasteiger charge is -2.32. The Morgan fingerprint density at radius 2 is 2.04 bits per heavy atom. The highest BCUT2D eigenvalue weighted by Gasteiger charge is 2.41. The first-order valence-corrected chi connectivity index (χ1v) is 7.89. The molecule has 2 aromatic rings. The molecule has 1 aromatic heterocycles. The highest BCUT2D eigenvalue weighted by Crippen LogP contribution is 2.39. The zero-order valence-electron chi connectivity index (χ0n) is 13.1. The normalized spacial score (nSPS) is 17.1. The number of nitrogens with zero attached hydrogens (tertiary/aromatic N) is 1. The molecule has 0 atom stereocenters. The number of aryl methyl sites for hydroxylation is 1. The Morgan fingerprint density at radius 3 is 2.74 bits per heavy atom. The van der Waals surface area contributed by atoms with Crippen LogP contribution in [0.5, 0.6) is 0 Å². The fraction of sp³-hybridized carbons (Fsp3) is 0.471. The maximum absolute atomic E-state index is 12.3. The third-order valence-electron chi connectivity index (χ3n) is 4.54. The van der Waals surface area contributed by atoms with Crippen LogP contribution in [0.3, 0.4) is 0 Å². The average Bonchev–Trinajstić information content (AvgIpc) is 2.87. The summed E-state index contributed by atoms with van der Waals surface area (Å²) in [6, 6.07) is 5.22. The van der Waals surface area contributed by atoms with Crippen molar-refractivity contribution in [2.45, 2.75) is 45.4 Å². The lowest BCUT2D eigenvalue weighted by molar-refractivity contribution is -0.153. The van der Waals surface area contributed by atoms with Crippen molar-refractivity contribution in [1.82, 2.24) is 4.98 Å². The van der Waals surface area contributed by atoms with Crippen LogP contribution in [-0.2, 0) is 9.59 Å². The van der Waals surface area contributed by atoms with E-state index in [-0.39, 0.29) is 12.3 Å². The van der Waals surface area contributed by atoms with Gasteiger partial charge in [0.2, 0.25) is 5.91 Å². The summed E-state index contributed by atoms with van der Waals surface area (Å²) in [5, 5.41) is 12.3. The number of anilines is 1. The van der Waals surface area contributed by atoms with Gasteiger partial charge in [0, 0.05) is 19.0 Å². The Kier molecular flexibility index (Phi) is 4.07. The molecule has 0 radical (unpaired) electrons. The lowest BCUT2D eigenvalue weighted by Crippen LogP contribution is -2.37. The summed E-state index contributed by atoms with van der Waals surface area (Å²) in [5.74, 6) is -0.570. The van der Waals surface area contributed by atoms with Crippen LogP contribution >= 0.6 is 0 Å². The molecule has 0 aliphatic heterocycles. The average molecular weight is 316 g/mol. The SMILES string of the molecule is Cc1nc2cc(NC(=O)CC3(C(=O)O)CCCCC3)ccc2o1. The molecule has 1 saturated carbocycles. The van der Waals surface area contributed by atoms with Crippen molar-refractivity contribution in [1.29, 1.82) is 0 Å². The van der Waals surface area contributed by atoms with E-state index in [9.17, 15) is 14.7 Å². The van der Waals surface area contributed by atoms with Gasteiger partial charge >= 0.3 is 5.97 Å². The second-order valence-electron chi connectivity index (χ2n) is 6.29. The number of fused-ring (bicyclic) bond motifs is 1. The maximum atomic E-state index is 12.3. The minimum atomic E-state index is -0.920. The molecular weight excluding hydrogens is 296 g/mol. The number of oxazole rings is 1. The molecular formula is C17H20N2O4. The molecule has 1 aliphatic carbocycles. The van der Waals surface area contributed by atoms with Crippen molar-refractivity contribution in [3.05, 3.63) is 24.1 Å².